The van der Waals surface area contributed by atoms with E-state index in [-0.39, 0.29) is 5.82 Å². The molecule has 1 aromatic carbocycles. The van der Waals surface area contributed by atoms with Gasteiger partial charge in [-0.2, -0.15) is 5.10 Å². The standard InChI is InChI=1S/C22H26FN3OS/c1-15-10-19(16(2)28-15)22-18(12-25-9-8-17(11-25)14-27-3)13-26(24-22)21-7-5-4-6-20(21)23/h4-7,10,13,17H,8-9,11-12,14H2,1-3H3. The highest BCUT2D eigenvalue weighted by Gasteiger charge is 2.25. The number of hydrogen-bond donors (Lipinski definition) is 0. The van der Waals surface area contributed by atoms with Gasteiger partial charge in [-0.25, -0.2) is 9.07 Å². The highest BCUT2D eigenvalue weighted by atomic mass is 32.1. The Hall–Kier alpha value is -2.02. The van der Waals surface area contributed by atoms with Crippen LogP contribution in [0.2, 0.25) is 0 Å². The predicted molar refractivity (Wildman–Crippen MR) is 112 cm³/mol. The first kappa shape index (κ1) is 19.3. The van der Waals surface area contributed by atoms with E-state index in [9.17, 15) is 4.39 Å². The molecule has 1 aliphatic rings. The minimum atomic E-state index is -0.261. The number of hydrogen-bond acceptors (Lipinski definition) is 4. The highest BCUT2D eigenvalue weighted by molar-refractivity contribution is 7.12. The van der Waals surface area contributed by atoms with E-state index in [2.05, 4.69) is 24.8 Å². The van der Waals surface area contributed by atoms with Gasteiger partial charge in [-0.15, -0.1) is 11.3 Å². The van der Waals surface area contributed by atoms with Crippen molar-refractivity contribution in [3.05, 3.63) is 57.7 Å². The zero-order valence-corrected chi connectivity index (χ0v) is 17.4. The van der Waals surface area contributed by atoms with Crippen molar-refractivity contribution in [3.63, 3.8) is 0 Å². The maximum Gasteiger partial charge on any atom is 0.148 e. The lowest BCUT2D eigenvalue weighted by atomic mass is 10.1. The summed E-state index contributed by atoms with van der Waals surface area (Å²) in [5, 5.41) is 4.82. The van der Waals surface area contributed by atoms with Crippen LogP contribution in [0.4, 0.5) is 4.39 Å². The van der Waals surface area contributed by atoms with Gasteiger partial charge < -0.3 is 4.74 Å². The molecule has 1 aliphatic heterocycles. The molecule has 1 atom stereocenters. The van der Waals surface area contributed by atoms with Crippen molar-refractivity contribution in [2.75, 3.05) is 26.8 Å². The fourth-order valence-corrected chi connectivity index (χ4v) is 4.97. The third kappa shape index (κ3) is 3.90. The van der Waals surface area contributed by atoms with E-state index in [4.69, 9.17) is 9.84 Å². The van der Waals surface area contributed by atoms with Crippen molar-refractivity contribution in [2.45, 2.75) is 26.8 Å². The molecule has 0 amide bonds. The molecule has 0 bridgehead atoms. The molecule has 1 saturated heterocycles. The molecule has 1 fully saturated rings. The molecule has 28 heavy (non-hydrogen) atoms. The summed E-state index contributed by atoms with van der Waals surface area (Å²) in [6.07, 6.45) is 3.14. The van der Waals surface area contributed by atoms with E-state index in [0.29, 0.717) is 11.6 Å². The summed E-state index contributed by atoms with van der Waals surface area (Å²) < 4.78 is 21.4. The summed E-state index contributed by atoms with van der Waals surface area (Å²) in [6.45, 7) is 7.95. The normalized spacial score (nSPS) is 17.5. The first-order chi connectivity index (χ1) is 13.5. The quantitative estimate of drug-likeness (QED) is 0.595. The molecule has 0 N–H and O–H groups in total. The Balaban J connectivity index is 1.70. The minimum absolute atomic E-state index is 0.261. The average Bonchev–Trinajstić information content (AvgIpc) is 3.35. The number of aromatic nitrogens is 2. The molecule has 2 aromatic heterocycles. The van der Waals surface area contributed by atoms with Gasteiger partial charge in [-0.05, 0) is 50.9 Å². The topological polar surface area (TPSA) is 30.3 Å². The Kier molecular flexibility index (Phi) is 5.62. The number of rotatable bonds is 6. The zero-order valence-electron chi connectivity index (χ0n) is 16.6. The maximum absolute atomic E-state index is 14.4. The second kappa shape index (κ2) is 8.15. The Bertz CT molecular complexity index is 965. The van der Waals surface area contributed by atoms with E-state index >= 15 is 0 Å². The smallest absolute Gasteiger partial charge is 0.148 e. The number of para-hydroxylation sites is 1. The van der Waals surface area contributed by atoms with Gasteiger partial charge in [0, 0.05) is 47.3 Å². The SMILES string of the molecule is COCC1CCN(Cc2cn(-c3ccccc3F)nc2-c2cc(C)sc2C)C1. The summed E-state index contributed by atoms with van der Waals surface area (Å²) in [6, 6.07) is 8.99. The Morgan fingerprint density at radius 1 is 1.29 bits per heavy atom. The minimum Gasteiger partial charge on any atom is -0.384 e. The molecule has 0 spiro atoms. The van der Waals surface area contributed by atoms with Crippen LogP contribution < -0.4 is 0 Å². The molecule has 3 heterocycles. The number of halogens is 1. The molecular formula is C22H26FN3OS. The lowest BCUT2D eigenvalue weighted by molar-refractivity contribution is 0.152. The second-order valence-electron chi connectivity index (χ2n) is 7.57. The number of methoxy groups -OCH3 is 1. The van der Waals surface area contributed by atoms with Crippen LogP contribution in [0.25, 0.3) is 16.9 Å². The summed E-state index contributed by atoms with van der Waals surface area (Å²) in [5.74, 6) is 0.322. The molecule has 4 rings (SSSR count). The maximum atomic E-state index is 14.4. The molecule has 0 radical (unpaired) electrons. The van der Waals surface area contributed by atoms with Gasteiger partial charge in [0.05, 0.1) is 12.3 Å². The predicted octanol–water partition coefficient (Wildman–Crippen LogP) is 4.83. The van der Waals surface area contributed by atoms with Gasteiger partial charge in [0.15, 0.2) is 0 Å². The number of thiophene rings is 1. The van der Waals surface area contributed by atoms with Crippen LogP contribution in [0, 0.1) is 25.6 Å². The molecule has 148 valence electrons. The summed E-state index contributed by atoms with van der Waals surface area (Å²) >= 11 is 1.78. The lowest BCUT2D eigenvalue weighted by Crippen LogP contribution is -2.21. The third-order valence-electron chi connectivity index (χ3n) is 5.35. The average molecular weight is 400 g/mol. The number of nitrogens with zero attached hydrogens (tertiary/aromatic N) is 3. The first-order valence-corrected chi connectivity index (χ1v) is 10.5. The van der Waals surface area contributed by atoms with Crippen molar-refractivity contribution in [1.29, 1.82) is 0 Å². The second-order valence-corrected chi connectivity index (χ2v) is 9.03. The third-order valence-corrected chi connectivity index (χ3v) is 6.32. The number of likely N-dealkylation sites (tertiary alicyclic amines) is 1. The number of aryl methyl sites for hydroxylation is 2. The van der Waals surface area contributed by atoms with Crippen LogP contribution in [-0.2, 0) is 11.3 Å². The molecule has 0 aliphatic carbocycles. The number of benzene rings is 1. The van der Waals surface area contributed by atoms with Crippen molar-refractivity contribution in [2.24, 2.45) is 5.92 Å². The fraction of sp³-hybridized carbons (Fsp3) is 0.409. The largest absolute Gasteiger partial charge is 0.384 e. The van der Waals surface area contributed by atoms with Crippen LogP contribution in [-0.4, -0.2) is 41.5 Å². The van der Waals surface area contributed by atoms with Crippen LogP contribution >= 0.6 is 11.3 Å². The monoisotopic (exact) mass is 399 g/mol. The molecule has 0 saturated carbocycles. The Morgan fingerprint density at radius 2 is 2.11 bits per heavy atom. The van der Waals surface area contributed by atoms with Gasteiger partial charge in [0.1, 0.15) is 11.5 Å². The summed E-state index contributed by atoms with van der Waals surface area (Å²) in [4.78, 5) is 4.96. The van der Waals surface area contributed by atoms with Gasteiger partial charge in [0.25, 0.3) is 0 Å². The molecule has 1 unspecified atom stereocenters. The van der Waals surface area contributed by atoms with E-state index in [0.717, 1.165) is 49.5 Å². The van der Waals surface area contributed by atoms with Crippen molar-refractivity contribution < 1.29 is 9.13 Å². The molecular weight excluding hydrogens is 373 g/mol. The van der Waals surface area contributed by atoms with Gasteiger partial charge in [0.2, 0.25) is 0 Å². The fourth-order valence-electron chi connectivity index (χ4n) is 4.05. The number of ether oxygens (including phenoxy) is 1. The lowest BCUT2D eigenvalue weighted by Gasteiger charge is -2.15. The molecule has 6 heteroatoms. The van der Waals surface area contributed by atoms with Crippen LogP contribution in [0.5, 0.6) is 0 Å². The van der Waals surface area contributed by atoms with Crippen LogP contribution in [0.3, 0.4) is 0 Å². The van der Waals surface area contributed by atoms with Crippen molar-refractivity contribution >= 4 is 11.3 Å². The Morgan fingerprint density at radius 3 is 2.82 bits per heavy atom. The van der Waals surface area contributed by atoms with Gasteiger partial charge in [-0.1, -0.05) is 12.1 Å². The van der Waals surface area contributed by atoms with E-state index < -0.39 is 0 Å². The van der Waals surface area contributed by atoms with Crippen molar-refractivity contribution in [3.8, 4) is 16.9 Å². The van der Waals surface area contributed by atoms with Crippen LogP contribution in [0.1, 0.15) is 21.7 Å². The van der Waals surface area contributed by atoms with Crippen LogP contribution in [0.15, 0.2) is 36.5 Å². The molecule has 3 aromatic rings. The van der Waals surface area contributed by atoms with Gasteiger partial charge >= 0.3 is 0 Å². The van der Waals surface area contributed by atoms with E-state index in [1.165, 1.54) is 15.8 Å². The highest BCUT2D eigenvalue weighted by Crippen LogP contribution is 2.33. The van der Waals surface area contributed by atoms with E-state index in [1.807, 2.05) is 12.3 Å². The first-order valence-electron chi connectivity index (χ1n) is 9.67. The Labute approximate surface area is 169 Å². The van der Waals surface area contributed by atoms with Crippen molar-refractivity contribution in [1.82, 2.24) is 14.7 Å². The summed E-state index contributed by atoms with van der Waals surface area (Å²) in [7, 11) is 1.76. The van der Waals surface area contributed by atoms with E-state index in [1.54, 1.807) is 35.3 Å². The summed E-state index contributed by atoms with van der Waals surface area (Å²) in [5.41, 5.74) is 3.74. The zero-order chi connectivity index (χ0) is 19.7. The van der Waals surface area contributed by atoms with Gasteiger partial charge in [-0.3, -0.25) is 4.90 Å². The molecule has 4 nitrogen and oxygen atoms in total.